The number of aromatic nitrogens is 2. The van der Waals surface area contributed by atoms with E-state index in [9.17, 15) is 4.79 Å². The molecule has 1 aromatic rings. The molecule has 0 bridgehead atoms. The molecule has 1 fully saturated rings. The molecule has 6 heteroatoms. The van der Waals surface area contributed by atoms with Crippen LogP contribution in [0.2, 0.25) is 0 Å². The lowest BCUT2D eigenvalue weighted by Crippen LogP contribution is -2.44. The van der Waals surface area contributed by atoms with Crippen molar-refractivity contribution in [3.63, 3.8) is 0 Å². The highest BCUT2D eigenvalue weighted by Gasteiger charge is 2.30. The molecule has 0 aromatic carbocycles. The molecule has 1 unspecified atom stereocenters. The summed E-state index contributed by atoms with van der Waals surface area (Å²) in [4.78, 5) is 18.0. The van der Waals surface area contributed by atoms with Crippen LogP contribution >= 0.6 is 0 Å². The monoisotopic (exact) mass is 253 g/mol. The van der Waals surface area contributed by atoms with Gasteiger partial charge in [-0.25, -0.2) is 0 Å². The van der Waals surface area contributed by atoms with Gasteiger partial charge in [-0.2, -0.15) is 4.98 Å². The highest BCUT2D eigenvalue weighted by atomic mass is 16.5. The molecule has 1 aliphatic rings. The van der Waals surface area contributed by atoms with E-state index in [1.165, 1.54) is 7.11 Å². The number of likely N-dealkylation sites (tertiary alicyclic amines) is 1. The van der Waals surface area contributed by atoms with Crippen molar-refractivity contribution >= 4 is 5.97 Å². The number of piperidine rings is 1. The number of carbonyl (C=O) groups excluding carboxylic acids is 1. The number of methoxy groups -OCH3 is 1. The average molecular weight is 253 g/mol. The Morgan fingerprint density at radius 3 is 3.06 bits per heavy atom. The smallest absolute Gasteiger partial charge is 0.323 e. The molecule has 0 aliphatic carbocycles. The Hall–Kier alpha value is -1.43. The standard InChI is InChI=1S/C12H19N3O3/c1-3-11-13-10(14-18-11)8-15-7-5-4-6-9(15)12(16)17-2/h9H,3-8H2,1-2H3. The van der Waals surface area contributed by atoms with E-state index in [2.05, 4.69) is 15.0 Å². The van der Waals surface area contributed by atoms with Crippen LogP contribution in [0.15, 0.2) is 4.52 Å². The number of nitrogens with zero attached hydrogens (tertiary/aromatic N) is 3. The lowest BCUT2D eigenvalue weighted by Gasteiger charge is -2.32. The SMILES string of the molecule is CCc1nc(CN2CCCCC2C(=O)OC)no1. The van der Waals surface area contributed by atoms with Gasteiger partial charge in [0.25, 0.3) is 0 Å². The van der Waals surface area contributed by atoms with Crippen molar-refractivity contribution in [3.05, 3.63) is 11.7 Å². The number of esters is 1. The van der Waals surface area contributed by atoms with E-state index in [1.807, 2.05) is 6.92 Å². The molecule has 1 saturated heterocycles. The molecule has 2 rings (SSSR count). The van der Waals surface area contributed by atoms with Crippen molar-refractivity contribution in [1.29, 1.82) is 0 Å². The van der Waals surface area contributed by atoms with Crippen molar-refractivity contribution in [2.75, 3.05) is 13.7 Å². The van der Waals surface area contributed by atoms with E-state index >= 15 is 0 Å². The molecule has 2 heterocycles. The van der Waals surface area contributed by atoms with Crippen LogP contribution in [0.3, 0.4) is 0 Å². The number of ether oxygens (including phenoxy) is 1. The van der Waals surface area contributed by atoms with Crippen LogP contribution in [0.1, 0.15) is 37.9 Å². The summed E-state index contributed by atoms with van der Waals surface area (Å²) >= 11 is 0. The maximum absolute atomic E-state index is 11.7. The van der Waals surface area contributed by atoms with Crippen molar-refractivity contribution in [2.45, 2.75) is 45.2 Å². The largest absolute Gasteiger partial charge is 0.468 e. The Bertz CT molecular complexity index is 405. The van der Waals surface area contributed by atoms with Crippen LogP contribution in [0.25, 0.3) is 0 Å². The van der Waals surface area contributed by atoms with Gasteiger partial charge in [-0.15, -0.1) is 0 Å². The summed E-state index contributed by atoms with van der Waals surface area (Å²) in [6.07, 6.45) is 3.72. The Morgan fingerprint density at radius 1 is 1.56 bits per heavy atom. The lowest BCUT2D eigenvalue weighted by molar-refractivity contribution is -0.148. The summed E-state index contributed by atoms with van der Waals surface area (Å²) in [5.41, 5.74) is 0. The first-order valence-corrected chi connectivity index (χ1v) is 6.38. The van der Waals surface area contributed by atoms with Gasteiger partial charge in [0.15, 0.2) is 5.82 Å². The molecule has 1 aromatic heterocycles. The Balaban J connectivity index is 2.02. The molecule has 100 valence electrons. The maximum atomic E-state index is 11.7. The zero-order valence-electron chi connectivity index (χ0n) is 10.9. The zero-order chi connectivity index (χ0) is 13.0. The molecule has 1 atom stereocenters. The van der Waals surface area contributed by atoms with Gasteiger partial charge < -0.3 is 9.26 Å². The van der Waals surface area contributed by atoms with Gasteiger partial charge in [-0.05, 0) is 19.4 Å². The number of rotatable bonds is 4. The summed E-state index contributed by atoms with van der Waals surface area (Å²) in [5.74, 6) is 1.10. The number of aryl methyl sites for hydroxylation is 1. The predicted octanol–water partition coefficient (Wildman–Crippen LogP) is 1.16. The second-order valence-corrected chi connectivity index (χ2v) is 4.46. The molecule has 6 nitrogen and oxygen atoms in total. The molecule has 0 saturated carbocycles. The maximum Gasteiger partial charge on any atom is 0.323 e. The average Bonchev–Trinajstić information content (AvgIpc) is 2.86. The van der Waals surface area contributed by atoms with Crippen molar-refractivity contribution in [3.8, 4) is 0 Å². The van der Waals surface area contributed by atoms with E-state index in [0.29, 0.717) is 18.3 Å². The topological polar surface area (TPSA) is 68.5 Å². The predicted molar refractivity (Wildman–Crippen MR) is 63.7 cm³/mol. The molecule has 1 aliphatic heterocycles. The van der Waals surface area contributed by atoms with Gasteiger partial charge in [-0.1, -0.05) is 18.5 Å². The van der Waals surface area contributed by atoms with E-state index in [-0.39, 0.29) is 12.0 Å². The molecule has 0 N–H and O–H groups in total. The second kappa shape index (κ2) is 5.95. The normalized spacial score (nSPS) is 20.9. The van der Waals surface area contributed by atoms with Gasteiger partial charge >= 0.3 is 5.97 Å². The second-order valence-electron chi connectivity index (χ2n) is 4.46. The van der Waals surface area contributed by atoms with Gasteiger partial charge in [-0.3, -0.25) is 9.69 Å². The highest BCUT2D eigenvalue weighted by molar-refractivity contribution is 5.75. The summed E-state index contributed by atoms with van der Waals surface area (Å²) in [5, 5.41) is 3.92. The van der Waals surface area contributed by atoms with E-state index in [1.54, 1.807) is 0 Å². The van der Waals surface area contributed by atoms with Crippen LogP contribution in [0.5, 0.6) is 0 Å². The lowest BCUT2D eigenvalue weighted by atomic mass is 10.0. The van der Waals surface area contributed by atoms with Crippen molar-refractivity contribution < 1.29 is 14.1 Å². The van der Waals surface area contributed by atoms with Crippen LogP contribution < -0.4 is 0 Å². The molecule has 0 spiro atoms. The molecule has 0 amide bonds. The number of carbonyl (C=O) groups is 1. The summed E-state index contributed by atoms with van der Waals surface area (Å²) < 4.78 is 9.91. The molecular weight excluding hydrogens is 234 g/mol. The van der Waals surface area contributed by atoms with Gasteiger partial charge in [0.2, 0.25) is 5.89 Å². The third-order valence-electron chi connectivity index (χ3n) is 3.24. The van der Waals surface area contributed by atoms with Crippen LogP contribution in [-0.4, -0.2) is 40.7 Å². The Morgan fingerprint density at radius 2 is 2.39 bits per heavy atom. The number of hydrogen-bond donors (Lipinski definition) is 0. The van der Waals surface area contributed by atoms with Gasteiger partial charge in [0.1, 0.15) is 6.04 Å². The minimum atomic E-state index is -0.174. The van der Waals surface area contributed by atoms with E-state index < -0.39 is 0 Å². The first-order valence-electron chi connectivity index (χ1n) is 6.38. The summed E-state index contributed by atoms with van der Waals surface area (Å²) in [6.45, 7) is 3.38. The molecule has 18 heavy (non-hydrogen) atoms. The van der Waals surface area contributed by atoms with Crippen LogP contribution in [0.4, 0.5) is 0 Å². The molecule has 0 radical (unpaired) electrons. The van der Waals surface area contributed by atoms with Crippen LogP contribution in [-0.2, 0) is 22.5 Å². The van der Waals surface area contributed by atoms with E-state index in [0.717, 1.165) is 32.2 Å². The fraction of sp³-hybridized carbons (Fsp3) is 0.750. The van der Waals surface area contributed by atoms with Gasteiger partial charge in [0.05, 0.1) is 13.7 Å². The summed E-state index contributed by atoms with van der Waals surface area (Å²) in [7, 11) is 1.43. The third kappa shape index (κ3) is 2.87. The third-order valence-corrected chi connectivity index (χ3v) is 3.24. The summed E-state index contributed by atoms with van der Waals surface area (Å²) in [6, 6.07) is -0.174. The quantitative estimate of drug-likeness (QED) is 0.750. The minimum absolute atomic E-state index is 0.172. The Kier molecular flexibility index (Phi) is 4.30. The first-order chi connectivity index (χ1) is 8.74. The van der Waals surface area contributed by atoms with Gasteiger partial charge in [0, 0.05) is 6.42 Å². The zero-order valence-corrected chi connectivity index (χ0v) is 10.9. The first kappa shape index (κ1) is 13.0. The highest BCUT2D eigenvalue weighted by Crippen LogP contribution is 2.19. The fourth-order valence-electron chi connectivity index (χ4n) is 2.26. The molecular formula is C12H19N3O3. The van der Waals surface area contributed by atoms with E-state index in [4.69, 9.17) is 9.26 Å². The Labute approximate surface area is 106 Å². The van der Waals surface area contributed by atoms with Crippen LogP contribution in [0, 0.1) is 0 Å². The number of hydrogen-bond acceptors (Lipinski definition) is 6. The fourth-order valence-corrected chi connectivity index (χ4v) is 2.26. The minimum Gasteiger partial charge on any atom is -0.468 e. The van der Waals surface area contributed by atoms with Crippen molar-refractivity contribution in [1.82, 2.24) is 15.0 Å². The van der Waals surface area contributed by atoms with Crippen molar-refractivity contribution in [2.24, 2.45) is 0 Å².